The van der Waals surface area contributed by atoms with Crippen LogP contribution in [0, 0.1) is 11.8 Å². The smallest absolute Gasteiger partial charge is 0.247 e. The van der Waals surface area contributed by atoms with Gasteiger partial charge in [0, 0.05) is 38.3 Å². The van der Waals surface area contributed by atoms with Crippen LogP contribution < -0.4 is 53.2 Å². The SMILES string of the molecule is CC[C@H](NC)C(=O)N[C@@H]1C(=O)N2[C@@H](CC[C@@H]1CCNCc1ccccc1)CC[C@H]2C(=O)NC(C(=O)NCCCCCCCCNC(=O)[C@@H](NC(=O)[C@@H]1CC[C@@H]2CC[C@H](CCNCc3ccccc3)[C@H](NC(=O)[C@H](CC)NC)C(=O)N21)c1ccccc1)c1ccccc1. The number of carbonyl (C=O) groups excluding carboxylic acids is 8. The minimum absolute atomic E-state index is 0.141. The Morgan fingerprint density at radius 3 is 1.14 bits per heavy atom. The first-order valence-electron chi connectivity index (χ1n) is 34.2. The number of fused-ring (bicyclic) bond motifs is 2. The topological polar surface area (TPSA) is 263 Å². The fourth-order valence-electron chi connectivity index (χ4n) is 14.1. The van der Waals surface area contributed by atoms with Crippen LogP contribution in [0.5, 0.6) is 0 Å². The van der Waals surface area contributed by atoms with E-state index in [9.17, 15) is 38.4 Å². The average Bonchev–Trinajstić information content (AvgIpc) is 1.64. The molecule has 1 unspecified atom stereocenters. The molecule has 4 saturated heterocycles. The highest BCUT2D eigenvalue weighted by atomic mass is 16.2. The fraction of sp³-hybridized carbons (Fsp3) is 0.556. The van der Waals surface area contributed by atoms with Gasteiger partial charge in [0.1, 0.15) is 36.3 Å². The molecule has 8 rings (SSSR count). The molecule has 4 heterocycles. The lowest BCUT2D eigenvalue weighted by Crippen LogP contribution is -2.58. The molecule has 4 aromatic rings. The predicted octanol–water partition coefficient (Wildman–Crippen LogP) is 6.14. The Balaban J connectivity index is 0.793. The standard InChI is InChI=1S/C72H102N12O8/c1-5-57(73-3)65(85)81-63-53(41-45-75-47-49-25-15-11-16-26-49)33-35-55-37-39-59(83(55)71(63)91)67(87)79-61(51-29-19-13-20-30-51)69(89)77-43-23-9-7-8-10-24-44-78-70(90)62(52-31-21-14-22-32-52)80-68(88)60-40-38-56-36-34-54(42-46-76-48-50-27-17-12-18-28-50)64(72(92)84(56)60)82-66(86)58(6-2)74-4/h11-22,25-32,53-64,73-76H,5-10,23-24,33-48H2,1-4H3,(H,77,89)(H,78,90)(H,79,87)(H,80,88)(H,81,85)(H,82,86)/t53-,54-,55+,56+,57+,58+,59+,60+,61+,62?,63+,64+/m1/s1. The van der Waals surface area contributed by atoms with E-state index in [0.717, 1.165) is 36.8 Å². The van der Waals surface area contributed by atoms with Gasteiger partial charge in [0.25, 0.3) is 0 Å². The van der Waals surface area contributed by atoms with E-state index in [1.807, 2.05) is 111 Å². The molecule has 12 atom stereocenters. The maximum Gasteiger partial charge on any atom is 0.247 e. The average molecular weight is 1260 g/mol. The number of rotatable bonds is 35. The normalized spacial score (nSPS) is 22.5. The molecule has 4 aliphatic heterocycles. The van der Waals surface area contributed by atoms with Gasteiger partial charge in [-0.25, -0.2) is 0 Å². The Labute approximate surface area is 544 Å². The van der Waals surface area contributed by atoms with Crippen molar-refractivity contribution in [3.63, 3.8) is 0 Å². The molecule has 0 spiro atoms. The van der Waals surface area contributed by atoms with Gasteiger partial charge < -0.3 is 63.0 Å². The van der Waals surface area contributed by atoms with Crippen LogP contribution in [-0.2, 0) is 51.4 Å². The second-order valence-electron chi connectivity index (χ2n) is 25.4. The zero-order chi connectivity index (χ0) is 65.2. The Morgan fingerprint density at radius 1 is 0.435 bits per heavy atom. The highest BCUT2D eigenvalue weighted by Crippen LogP contribution is 2.37. The number of carbonyl (C=O) groups is 8. The van der Waals surface area contributed by atoms with Crippen LogP contribution in [0.25, 0.3) is 0 Å². The van der Waals surface area contributed by atoms with E-state index in [0.29, 0.717) is 140 Å². The van der Waals surface area contributed by atoms with Crippen molar-refractivity contribution < 1.29 is 38.4 Å². The minimum atomic E-state index is -0.990. The van der Waals surface area contributed by atoms with Crippen LogP contribution in [0.2, 0.25) is 0 Å². The Hall–Kier alpha value is -7.52. The van der Waals surface area contributed by atoms with Gasteiger partial charge in [-0.1, -0.05) is 161 Å². The summed E-state index contributed by atoms with van der Waals surface area (Å²) >= 11 is 0. The van der Waals surface area contributed by atoms with Crippen molar-refractivity contribution in [2.24, 2.45) is 11.8 Å². The third-order valence-corrected chi connectivity index (χ3v) is 19.4. The first kappa shape index (κ1) is 70.4. The molecule has 0 bridgehead atoms. The third-order valence-electron chi connectivity index (χ3n) is 19.4. The van der Waals surface area contributed by atoms with E-state index in [1.165, 1.54) is 0 Å². The van der Waals surface area contributed by atoms with Gasteiger partial charge >= 0.3 is 0 Å². The second-order valence-corrected chi connectivity index (χ2v) is 25.4. The number of hydrogen-bond donors (Lipinski definition) is 10. The van der Waals surface area contributed by atoms with Crippen molar-refractivity contribution in [3.05, 3.63) is 144 Å². The lowest BCUT2D eigenvalue weighted by Gasteiger charge is -2.33. The van der Waals surface area contributed by atoms with Crippen LogP contribution in [0.15, 0.2) is 121 Å². The number of nitrogens with one attached hydrogen (secondary N) is 10. The highest BCUT2D eigenvalue weighted by Gasteiger charge is 2.50. The van der Waals surface area contributed by atoms with E-state index in [4.69, 9.17) is 0 Å². The number of amides is 8. The lowest BCUT2D eigenvalue weighted by molar-refractivity contribution is -0.144. The molecule has 498 valence electrons. The van der Waals surface area contributed by atoms with Gasteiger partial charge in [-0.15, -0.1) is 0 Å². The molecule has 0 saturated carbocycles. The molecule has 8 amide bonds. The monoisotopic (exact) mass is 1260 g/mol. The van der Waals surface area contributed by atoms with Crippen molar-refractivity contribution in [2.75, 3.05) is 40.3 Å². The van der Waals surface area contributed by atoms with Crippen molar-refractivity contribution in [3.8, 4) is 0 Å². The zero-order valence-corrected chi connectivity index (χ0v) is 54.6. The van der Waals surface area contributed by atoms with Crippen LogP contribution in [0.4, 0.5) is 0 Å². The molecule has 10 N–H and O–H groups in total. The van der Waals surface area contributed by atoms with Crippen LogP contribution in [0.1, 0.15) is 164 Å². The third kappa shape index (κ3) is 19.5. The zero-order valence-electron chi connectivity index (χ0n) is 54.6. The van der Waals surface area contributed by atoms with Crippen molar-refractivity contribution >= 4 is 47.3 Å². The number of nitrogens with zero attached hydrogens (tertiary/aromatic N) is 2. The summed E-state index contributed by atoms with van der Waals surface area (Å²) in [6.07, 6.45) is 12.4. The van der Waals surface area contributed by atoms with Crippen molar-refractivity contribution in [2.45, 2.75) is 203 Å². The van der Waals surface area contributed by atoms with Gasteiger partial charge in [-0.3, -0.25) is 38.4 Å². The summed E-state index contributed by atoms with van der Waals surface area (Å²) in [5.74, 6) is -2.76. The van der Waals surface area contributed by atoms with E-state index < -0.39 is 60.1 Å². The predicted molar refractivity (Wildman–Crippen MR) is 357 cm³/mol. The number of hydrogen-bond acceptors (Lipinski definition) is 12. The van der Waals surface area contributed by atoms with Gasteiger partial charge in [0.05, 0.1) is 12.1 Å². The van der Waals surface area contributed by atoms with Crippen molar-refractivity contribution in [1.29, 1.82) is 0 Å². The molecule has 4 aliphatic rings. The minimum Gasteiger partial charge on any atom is -0.354 e. The van der Waals surface area contributed by atoms with E-state index in [2.05, 4.69) is 77.4 Å². The molecule has 4 aromatic carbocycles. The maximum atomic E-state index is 14.8. The van der Waals surface area contributed by atoms with Crippen LogP contribution >= 0.6 is 0 Å². The summed E-state index contributed by atoms with van der Waals surface area (Å²) in [6, 6.07) is 32.0. The maximum absolute atomic E-state index is 14.8. The Kier molecular flexibility index (Phi) is 28.0. The largest absolute Gasteiger partial charge is 0.354 e. The number of benzene rings is 4. The first-order chi connectivity index (χ1) is 44.8. The fourth-order valence-corrected chi connectivity index (χ4v) is 14.1. The number of unbranched alkanes of at least 4 members (excludes halogenated alkanes) is 5. The second kappa shape index (κ2) is 36.7. The van der Waals surface area contributed by atoms with Crippen LogP contribution in [-0.4, -0.2) is 146 Å². The van der Waals surface area contributed by atoms with Gasteiger partial charge in [0.15, 0.2) is 0 Å². The molecule has 20 nitrogen and oxygen atoms in total. The summed E-state index contributed by atoms with van der Waals surface area (Å²) in [4.78, 5) is 117. The Bertz CT molecular complexity index is 2770. The van der Waals surface area contributed by atoms with Crippen LogP contribution in [0.3, 0.4) is 0 Å². The summed E-state index contributed by atoms with van der Waals surface area (Å²) in [6.45, 7) is 7.33. The highest BCUT2D eigenvalue weighted by molar-refractivity contribution is 5.97. The Morgan fingerprint density at radius 2 is 0.783 bits per heavy atom. The quantitative estimate of drug-likeness (QED) is 0.0233. The summed E-state index contributed by atoms with van der Waals surface area (Å²) < 4.78 is 0. The summed E-state index contributed by atoms with van der Waals surface area (Å²) in [5.41, 5.74) is 3.57. The summed E-state index contributed by atoms with van der Waals surface area (Å²) in [5, 5.41) is 31.6. The first-order valence-corrected chi connectivity index (χ1v) is 34.2. The van der Waals surface area contributed by atoms with E-state index in [1.54, 1.807) is 23.9 Å². The van der Waals surface area contributed by atoms with E-state index in [-0.39, 0.29) is 59.4 Å². The van der Waals surface area contributed by atoms with Gasteiger partial charge in [-0.2, -0.15) is 0 Å². The molecular formula is C72H102N12O8. The van der Waals surface area contributed by atoms with Gasteiger partial charge in [0.2, 0.25) is 47.3 Å². The lowest BCUT2D eigenvalue weighted by atomic mass is 9.90. The molecule has 0 radical (unpaired) electrons. The molecule has 4 fully saturated rings. The molecule has 20 heteroatoms. The molecule has 0 aliphatic carbocycles. The van der Waals surface area contributed by atoms with E-state index >= 15 is 0 Å². The summed E-state index contributed by atoms with van der Waals surface area (Å²) in [7, 11) is 3.46. The van der Waals surface area contributed by atoms with Crippen molar-refractivity contribution in [1.82, 2.24) is 63.0 Å². The number of likely N-dealkylation sites (N-methyl/N-ethyl adjacent to an activating group) is 2. The van der Waals surface area contributed by atoms with Gasteiger partial charge in [-0.05, 0) is 151 Å². The molecule has 92 heavy (non-hydrogen) atoms. The molecular weight excluding hydrogens is 1160 g/mol. The molecule has 0 aromatic heterocycles.